The normalized spacial score (nSPS) is 32.8. The molecule has 72 valence electrons. The van der Waals surface area contributed by atoms with Crippen molar-refractivity contribution in [3.05, 3.63) is 0 Å². The van der Waals surface area contributed by atoms with E-state index in [4.69, 9.17) is 12.2 Å². The lowest BCUT2D eigenvalue weighted by Gasteiger charge is -2.33. The minimum absolute atomic E-state index is 0.0264. The Morgan fingerprint density at radius 3 is 2.62 bits per heavy atom. The van der Waals surface area contributed by atoms with E-state index in [1.165, 1.54) is 0 Å². The van der Waals surface area contributed by atoms with Crippen LogP contribution in [0.5, 0.6) is 0 Å². The SMILES string of the molecule is CN1C(=O)N(C)[C@@H]2NC(=S)NN[C@H]21. The Balaban J connectivity index is 2.22. The van der Waals surface area contributed by atoms with Crippen LogP contribution in [0.2, 0.25) is 0 Å². The number of amides is 2. The van der Waals surface area contributed by atoms with E-state index in [-0.39, 0.29) is 18.4 Å². The fourth-order valence-corrected chi connectivity index (χ4v) is 1.75. The van der Waals surface area contributed by atoms with Crippen molar-refractivity contribution >= 4 is 23.4 Å². The van der Waals surface area contributed by atoms with Crippen molar-refractivity contribution in [1.29, 1.82) is 0 Å². The second-order valence-electron chi connectivity index (χ2n) is 3.14. The van der Waals surface area contributed by atoms with E-state index in [1.54, 1.807) is 23.9 Å². The second kappa shape index (κ2) is 2.71. The van der Waals surface area contributed by atoms with Gasteiger partial charge in [0.25, 0.3) is 0 Å². The number of hydrogen-bond acceptors (Lipinski definition) is 3. The molecule has 0 aromatic carbocycles. The minimum Gasteiger partial charge on any atom is -0.338 e. The molecule has 0 spiro atoms. The molecule has 0 aromatic heterocycles. The molecule has 2 aliphatic rings. The van der Waals surface area contributed by atoms with Crippen LogP contribution in [0.25, 0.3) is 0 Å². The molecular formula is C6H11N5OS. The number of hydrogen-bond donors (Lipinski definition) is 3. The molecule has 13 heavy (non-hydrogen) atoms. The fourth-order valence-electron chi connectivity index (χ4n) is 1.57. The summed E-state index contributed by atoms with van der Waals surface area (Å²) in [6.07, 6.45) is -0.171. The molecule has 0 saturated carbocycles. The first kappa shape index (κ1) is 8.52. The first-order chi connectivity index (χ1) is 6.11. The van der Waals surface area contributed by atoms with Crippen LogP contribution in [0.15, 0.2) is 0 Å². The van der Waals surface area contributed by atoms with Crippen LogP contribution in [-0.2, 0) is 0 Å². The topological polar surface area (TPSA) is 59.6 Å². The van der Waals surface area contributed by atoms with E-state index < -0.39 is 0 Å². The van der Waals surface area contributed by atoms with Gasteiger partial charge in [-0.25, -0.2) is 10.2 Å². The Hall–Kier alpha value is -1.08. The van der Waals surface area contributed by atoms with Gasteiger partial charge in [-0.3, -0.25) is 5.43 Å². The highest BCUT2D eigenvalue weighted by Crippen LogP contribution is 2.16. The third-order valence-corrected chi connectivity index (χ3v) is 2.57. The summed E-state index contributed by atoms with van der Waals surface area (Å²) in [6.45, 7) is 0. The first-order valence-electron chi connectivity index (χ1n) is 3.93. The van der Waals surface area contributed by atoms with Crippen molar-refractivity contribution in [2.24, 2.45) is 0 Å². The van der Waals surface area contributed by atoms with Gasteiger partial charge in [0, 0.05) is 14.1 Å². The van der Waals surface area contributed by atoms with Crippen LogP contribution in [-0.4, -0.2) is 47.4 Å². The number of carbonyl (C=O) groups excluding carboxylic acids is 1. The number of nitrogens with zero attached hydrogens (tertiary/aromatic N) is 2. The van der Waals surface area contributed by atoms with Gasteiger partial charge in [-0.1, -0.05) is 0 Å². The summed E-state index contributed by atoms with van der Waals surface area (Å²) in [4.78, 5) is 14.7. The van der Waals surface area contributed by atoms with Crippen LogP contribution < -0.4 is 16.2 Å². The average molecular weight is 201 g/mol. The zero-order valence-electron chi connectivity index (χ0n) is 7.37. The van der Waals surface area contributed by atoms with E-state index in [0.717, 1.165) is 0 Å². The summed E-state index contributed by atoms with van der Waals surface area (Å²) in [5.41, 5.74) is 5.73. The molecule has 2 fully saturated rings. The van der Waals surface area contributed by atoms with Crippen LogP contribution in [0.3, 0.4) is 0 Å². The Morgan fingerprint density at radius 2 is 1.92 bits per heavy atom. The number of hydrazine groups is 1. The van der Waals surface area contributed by atoms with Crippen molar-refractivity contribution in [1.82, 2.24) is 26.0 Å². The van der Waals surface area contributed by atoms with Gasteiger partial charge in [0.05, 0.1) is 0 Å². The number of nitrogens with one attached hydrogen (secondary N) is 3. The van der Waals surface area contributed by atoms with Crippen LogP contribution >= 0.6 is 12.2 Å². The molecule has 2 amide bonds. The highest BCUT2D eigenvalue weighted by Gasteiger charge is 2.44. The van der Waals surface area contributed by atoms with Gasteiger partial charge in [-0.15, -0.1) is 0 Å². The molecule has 0 aliphatic carbocycles. The zero-order chi connectivity index (χ0) is 9.59. The molecule has 2 rings (SSSR count). The van der Waals surface area contributed by atoms with Crippen molar-refractivity contribution < 1.29 is 4.79 Å². The quantitative estimate of drug-likeness (QED) is 0.422. The second-order valence-corrected chi connectivity index (χ2v) is 3.55. The maximum absolute atomic E-state index is 11.5. The van der Waals surface area contributed by atoms with Crippen molar-refractivity contribution in [3.8, 4) is 0 Å². The molecule has 0 radical (unpaired) electrons. The van der Waals surface area contributed by atoms with E-state index >= 15 is 0 Å². The van der Waals surface area contributed by atoms with Gasteiger partial charge in [-0.2, -0.15) is 0 Å². The summed E-state index contributed by atoms with van der Waals surface area (Å²) in [5, 5.41) is 3.52. The standard InChI is InChI=1S/C6H11N5OS/c1-10-3-4(11(2)6(10)12)8-9-5(13)7-3/h3-4,8H,1-2H3,(H2,7,9,13)/t3-,4-/m0/s1. The van der Waals surface area contributed by atoms with Crippen molar-refractivity contribution in [2.45, 2.75) is 12.3 Å². The lowest BCUT2D eigenvalue weighted by Crippen LogP contribution is -2.67. The zero-order valence-corrected chi connectivity index (χ0v) is 8.18. The van der Waals surface area contributed by atoms with E-state index in [9.17, 15) is 4.79 Å². The Bertz CT molecular complexity index is 270. The van der Waals surface area contributed by atoms with Crippen LogP contribution in [0.4, 0.5) is 4.79 Å². The van der Waals surface area contributed by atoms with E-state index in [2.05, 4.69) is 16.2 Å². The Kier molecular flexibility index (Phi) is 1.77. The maximum Gasteiger partial charge on any atom is 0.322 e. The number of fused-ring (bicyclic) bond motifs is 1. The number of likely N-dealkylation sites (N-methyl/N-ethyl adjacent to an activating group) is 2. The first-order valence-corrected chi connectivity index (χ1v) is 4.34. The number of rotatable bonds is 0. The number of carbonyl (C=O) groups is 1. The molecular weight excluding hydrogens is 190 g/mol. The fraction of sp³-hybridized carbons (Fsp3) is 0.667. The lowest BCUT2D eigenvalue weighted by molar-refractivity contribution is 0.196. The summed E-state index contributed by atoms with van der Waals surface area (Å²) in [6, 6.07) is -0.0264. The van der Waals surface area contributed by atoms with Crippen molar-refractivity contribution in [3.63, 3.8) is 0 Å². The Labute approximate surface area is 81.2 Å². The van der Waals surface area contributed by atoms with Gasteiger partial charge in [0.1, 0.15) is 12.3 Å². The van der Waals surface area contributed by atoms with Gasteiger partial charge < -0.3 is 15.1 Å². The molecule has 0 unspecified atom stereocenters. The molecule has 2 aliphatic heterocycles. The molecule has 6 nitrogen and oxygen atoms in total. The van der Waals surface area contributed by atoms with Gasteiger partial charge >= 0.3 is 6.03 Å². The maximum atomic E-state index is 11.5. The van der Waals surface area contributed by atoms with Crippen LogP contribution in [0, 0.1) is 0 Å². The molecule has 0 bridgehead atoms. The molecule has 2 atom stereocenters. The molecule has 7 heteroatoms. The largest absolute Gasteiger partial charge is 0.338 e. The van der Waals surface area contributed by atoms with Crippen LogP contribution in [0.1, 0.15) is 0 Å². The predicted octanol–water partition coefficient (Wildman–Crippen LogP) is -1.38. The Morgan fingerprint density at radius 1 is 1.31 bits per heavy atom. The van der Waals surface area contributed by atoms with Gasteiger partial charge in [0.2, 0.25) is 0 Å². The molecule has 0 aromatic rings. The molecule has 2 heterocycles. The van der Waals surface area contributed by atoms with E-state index in [1.807, 2.05) is 0 Å². The smallest absolute Gasteiger partial charge is 0.322 e. The molecule has 3 N–H and O–H groups in total. The monoisotopic (exact) mass is 201 g/mol. The van der Waals surface area contributed by atoms with Gasteiger partial charge in [-0.05, 0) is 12.2 Å². The van der Waals surface area contributed by atoms with Gasteiger partial charge in [0.15, 0.2) is 5.11 Å². The lowest BCUT2D eigenvalue weighted by atomic mass is 10.3. The minimum atomic E-state index is -0.0914. The highest BCUT2D eigenvalue weighted by atomic mass is 32.1. The summed E-state index contributed by atoms with van der Waals surface area (Å²) < 4.78 is 0. The highest BCUT2D eigenvalue weighted by molar-refractivity contribution is 7.80. The third-order valence-electron chi connectivity index (χ3n) is 2.35. The third kappa shape index (κ3) is 1.11. The number of thiocarbonyl (C=S) groups is 1. The summed E-state index contributed by atoms with van der Waals surface area (Å²) in [7, 11) is 3.49. The molecule has 2 saturated heterocycles. The predicted molar refractivity (Wildman–Crippen MR) is 50.5 cm³/mol. The summed E-state index contributed by atoms with van der Waals surface area (Å²) in [5.74, 6) is 0. The number of urea groups is 1. The van der Waals surface area contributed by atoms with E-state index in [0.29, 0.717) is 5.11 Å². The summed E-state index contributed by atoms with van der Waals surface area (Å²) >= 11 is 4.92. The van der Waals surface area contributed by atoms with Crippen molar-refractivity contribution in [2.75, 3.05) is 14.1 Å². The average Bonchev–Trinajstić information content (AvgIpc) is 2.32.